The predicted octanol–water partition coefficient (Wildman–Crippen LogP) is 3.98. The van der Waals surface area contributed by atoms with Crippen LogP contribution in [0.25, 0.3) is 11.4 Å². The summed E-state index contributed by atoms with van der Waals surface area (Å²) in [6.45, 7) is 3.67. The topological polar surface area (TPSA) is 63.9 Å². The highest BCUT2D eigenvalue weighted by Crippen LogP contribution is 2.35. The van der Waals surface area contributed by atoms with Crippen molar-refractivity contribution in [3.63, 3.8) is 0 Å². The average molecular weight is 412 g/mol. The number of thioether (sulfide) groups is 2. The number of carbonyl (C=O) groups excluding carboxylic acids is 1. The van der Waals surface area contributed by atoms with E-state index in [0.717, 1.165) is 47.5 Å². The first kappa shape index (κ1) is 19.0. The minimum atomic E-state index is 0.106. The summed E-state index contributed by atoms with van der Waals surface area (Å²) in [5.74, 6) is 2.19. The molecule has 0 fully saturated rings. The van der Waals surface area contributed by atoms with Crippen LogP contribution in [0.15, 0.2) is 58.8 Å². The first-order chi connectivity index (χ1) is 13.8. The third-order valence-corrected chi connectivity index (χ3v) is 6.45. The predicted molar refractivity (Wildman–Crippen MR) is 114 cm³/mol. The second-order valence-electron chi connectivity index (χ2n) is 6.34. The molecular weight excluding hydrogens is 390 g/mol. The van der Waals surface area contributed by atoms with Crippen LogP contribution in [0.3, 0.4) is 0 Å². The smallest absolute Gasteiger partial charge is 0.237 e. The van der Waals surface area contributed by atoms with Gasteiger partial charge in [0.05, 0.1) is 11.4 Å². The molecule has 0 atom stereocenters. The molecule has 0 spiro atoms. The third kappa shape index (κ3) is 3.93. The van der Waals surface area contributed by atoms with E-state index in [2.05, 4.69) is 32.7 Å². The van der Waals surface area contributed by atoms with Gasteiger partial charge in [0.1, 0.15) is 0 Å². The fraction of sp³-hybridized carbons (Fsp3) is 0.300. The lowest BCUT2D eigenvalue weighted by molar-refractivity contribution is -0.116. The van der Waals surface area contributed by atoms with Crippen LogP contribution in [0.2, 0.25) is 0 Å². The number of anilines is 1. The number of hydrogen-bond acceptors (Lipinski definition) is 6. The Kier molecular flexibility index (Phi) is 5.97. The highest BCUT2D eigenvalue weighted by molar-refractivity contribution is 8.00. The van der Waals surface area contributed by atoms with Gasteiger partial charge >= 0.3 is 0 Å². The van der Waals surface area contributed by atoms with Crippen LogP contribution in [0.1, 0.15) is 13.3 Å². The molecule has 28 heavy (non-hydrogen) atoms. The van der Waals surface area contributed by atoms with Gasteiger partial charge in [-0.25, -0.2) is 0 Å². The summed E-state index contributed by atoms with van der Waals surface area (Å²) >= 11 is 3.26. The Labute approximate surface area is 172 Å². The molecule has 0 N–H and O–H groups in total. The molecule has 1 aliphatic rings. The zero-order valence-corrected chi connectivity index (χ0v) is 17.2. The lowest BCUT2D eigenvalue weighted by Crippen LogP contribution is -2.36. The molecule has 1 aliphatic heterocycles. The molecular formula is C20H21N5OS2. The number of hydrogen-bond donors (Lipinski definition) is 0. The lowest BCUT2D eigenvalue weighted by Gasteiger charge is -2.28. The molecule has 0 radical (unpaired) electrons. The van der Waals surface area contributed by atoms with E-state index in [1.54, 1.807) is 24.2 Å². The second-order valence-corrected chi connectivity index (χ2v) is 8.42. The molecule has 1 aromatic carbocycles. The van der Waals surface area contributed by atoms with Crippen LogP contribution in [0.5, 0.6) is 0 Å². The Morgan fingerprint density at radius 2 is 2.00 bits per heavy atom. The van der Waals surface area contributed by atoms with E-state index < -0.39 is 0 Å². The summed E-state index contributed by atoms with van der Waals surface area (Å²) in [6, 6.07) is 12.0. The third-order valence-electron chi connectivity index (χ3n) is 4.46. The first-order valence-corrected chi connectivity index (χ1v) is 11.2. The van der Waals surface area contributed by atoms with Crippen molar-refractivity contribution >= 4 is 35.1 Å². The molecule has 3 heterocycles. The van der Waals surface area contributed by atoms with Crippen molar-refractivity contribution in [3.8, 4) is 11.4 Å². The summed E-state index contributed by atoms with van der Waals surface area (Å²) < 4.78 is 2.09. The van der Waals surface area contributed by atoms with Crippen LogP contribution in [-0.2, 0) is 11.3 Å². The fourth-order valence-corrected chi connectivity index (χ4v) is 5.00. The summed E-state index contributed by atoms with van der Waals surface area (Å²) in [5.41, 5.74) is 1.99. The number of pyridine rings is 1. The molecule has 3 aromatic rings. The standard InChI is InChI=1S/C20H21N5OS2/c1-2-11-25-19(15-7-9-21-10-8-15)22-23-20(25)28-14-18(26)24-12-13-27-17-6-4-3-5-16(17)24/h3-10H,2,11-14H2,1H3. The highest BCUT2D eigenvalue weighted by Gasteiger charge is 2.23. The van der Waals surface area contributed by atoms with Crippen molar-refractivity contribution in [2.24, 2.45) is 0 Å². The van der Waals surface area contributed by atoms with Crippen LogP contribution in [-0.4, -0.2) is 43.7 Å². The maximum Gasteiger partial charge on any atom is 0.237 e. The zero-order chi connectivity index (χ0) is 19.3. The van der Waals surface area contributed by atoms with Crippen LogP contribution >= 0.6 is 23.5 Å². The van der Waals surface area contributed by atoms with Crippen molar-refractivity contribution in [1.29, 1.82) is 0 Å². The number of nitrogens with zero attached hydrogens (tertiary/aromatic N) is 5. The van der Waals surface area contributed by atoms with Gasteiger partial charge < -0.3 is 9.47 Å². The quantitative estimate of drug-likeness (QED) is 0.572. The van der Waals surface area contributed by atoms with Gasteiger partial charge in [-0.05, 0) is 30.7 Å². The number of benzene rings is 1. The van der Waals surface area contributed by atoms with Crippen LogP contribution < -0.4 is 4.90 Å². The van der Waals surface area contributed by atoms with E-state index in [4.69, 9.17) is 0 Å². The number of aromatic nitrogens is 4. The minimum absolute atomic E-state index is 0.106. The van der Waals surface area contributed by atoms with Gasteiger partial charge in [-0.2, -0.15) is 0 Å². The summed E-state index contributed by atoms with van der Waals surface area (Å²) in [4.78, 5) is 20.0. The molecule has 1 amide bonds. The highest BCUT2D eigenvalue weighted by atomic mass is 32.2. The van der Waals surface area contributed by atoms with Crippen molar-refractivity contribution in [1.82, 2.24) is 19.7 Å². The summed E-state index contributed by atoms with van der Waals surface area (Å²) in [7, 11) is 0. The Morgan fingerprint density at radius 3 is 2.82 bits per heavy atom. The number of carbonyl (C=O) groups is 1. The van der Waals surface area contributed by atoms with Crippen LogP contribution in [0, 0.1) is 0 Å². The SMILES string of the molecule is CCCn1c(SCC(=O)N2CCSc3ccccc32)nnc1-c1ccncc1. The molecule has 0 unspecified atom stereocenters. The molecule has 0 aliphatic carbocycles. The van der Waals surface area contributed by atoms with E-state index in [0.29, 0.717) is 5.75 Å². The zero-order valence-electron chi connectivity index (χ0n) is 15.6. The van der Waals surface area contributed by atoms with Gasteiger partial charge in [0, 0.05) is 41.7 Å². The summed E-state index contributed by atoms with van der Waals surface area (Å²) in [5, 5.41) is 9.50. The van der Waals surface area contributed by atoms with Gasteiger partial charge in [-0.3, -0.25) is 9.78 Å². The van der Waals surface area contributed by atoms with E-state index >= 15 is 0 Å². The van der Waals surface area contributed by atoms with Gasteiger partial charge in [-0.1, -0.05) is 30.8 Å². The van der Waals surface area contributed by atoms with Crippen LogP contribution in [0.4, 0.5) is 5.69 Å². The van der Waals surface area contributed by atoms with E-state index in [1.807, 2.05) is 35.2 Å². The van der Waals surface area contributed by atoms with Crippen molar-refractivity contribution in [3.05, 3.63) is 48.8 Å². The maximum atomic E-state index is 12.9. The molecule has 0 saturated carbocycles. The van der Waals surface area contributed by atoms with Gasteiger partial charge in [0.2, 0.25) is 5.91 Å². The van der Waals surface area contributed by atoms with Gasteiger partial charge in [0.15, 0.2) is 11.0 Å². The second kappa shape index (κ2) is 8.79. The van der Waals surface area contributed by atoms with Crippen molar-refractivity contribution in [2.75, 3.05) is 23.0 Å². The van der Waals surface area contributed by atoms with E-state index in [1.165, 1.54) is 16.7 Å². The average Bonchev–Trinajstić information content (AvgIpc) is 3.15. The Bertz CT molecular complexity index is 960. The van der Waals surface area contributed by atoms with Crippen molar-refractivity contribution < 1.29 is 4.79 Å². The Hall–Kier alpha value is -2.32. The molecule has 4 rings (SSSR count). The van der Waals surface area contributed by atoms with Gasteiger partial charge in [-0.15, -0.1) is 22.0 Å². The summed E-state index contributed by atoms with van der Waals surface area (Å²) in [6.07, 6.45) is 4.47. The number of amides is 1. The van der Waals surface area contributed by atoms with Gasteiger partial charge in [0.25, 0.3) is 0 Å². The fourth-order valence-electron chi connectivity index (χ4n) is 3.17. The first-order valence-electron chi connectivity index (χ1n) is 9.26. The largest absolute Gasteiger partial charge is 0.310 e. The molecule has 2 aromatic heterocycles. The van der Waals surface area contributed by atoms with Crippen molar-refractivity contribution in [2.45, 2.75) is 29.9 Å². The number of rotatable bonds is 6. The number of fused-ring (bicyclic) bond motifs is 1. The molecule has 144 valence electrons. The lowest BCUT2D eigenvalue weighted by atomic mass is 10.2. The Morgan fingerprint density at radius 1 is 1.18 bits per heavy atom. The number of para-hydroxylation sites is 1. The normalized spacial score (nSPS) is 13.4. The minimum Gasteiger partial charge on any atom is -0.310 e. The molecule has 0 saturated heterocycles. The molecule has 8 heteroatoms. The molecule has 6 nitrogen and oxygen atoms in total. The monoisotopic (exact) mass is 411 g/mol. The Balaban J connectivity index is 1.51. The maximum absolute atomic E-state index is 12.9. The van der Waals surface area contributed by atoms with E-state index in [-0.39, 0.29) is 5.91 Å². The molecule has 0 bridgehead atoms. The van der Waals surface area contributed by atoms with E-state index in [9.17, 15) is 4.79 Å².